The summed E-state index contributed by atoms with van der Waals surface area (Å²) in [6.07, 6.45) is 0.922. The molecule has 0 saturated heterocycles. The molecule has 0 radical (unpaired) electrons. The van der Waals surface area contributed by atoms with Gasteiger partial charge in [-0.15, -0.1) is 0 Å². The van der Waals surface area contributed by atoms with E-state index in [1.54, 1.807) is 0 Å². The van der Waals surface area contributed by atoms with E-state index in [1.807, 2.05) is 31.2 Å². The van der Waals surface area contributed by atoms with Crippen LogP contribution in [0.2, 0.25) is 0 Å². The van der Waals surface area contributed by atoms with Crippen LogP contribution in [0, 0.1) is 0 Å². The summed E-state index contributed by atoms with van der Waals surface area (Å²) in [5.74, 6) is -2.33. The van der Waals surface area contributed by atoms with E-state index in [0.29, 0.717) is 13.2 Å². The Labute approximate surface area is 106 Å². The zero-order valence-electron chi connectivity index (χ0n) is 10.5. The van der Waals surface area contributed by atoms with E-state index in [9.17, 15) is 8.78 Å². The fourth-order valence-corrected chi connectivity index (χ4v) is 1.41. The summed E-state index contributed by atoms with van der Waals surface area (Å²) in [4.78, 5) is 0. The fourth-order valence-electron chi connectivity index (χ4n) is 1.41. The lowest BCUT2D eigenvalue weighted by molar-refractivity contribution is -0.0477. The van der Waals surface area contributed by atoms with Crippen molar-refractivity contribution in [3.63, 3.8) is 0 Å². The highest BCUT2D eigenvalue weighted by atomic mass is 19.3. The van der Waals surface area contributed by atoms with Gasteiger partial charge in [-0.05, 0) is 24.1 Å². The van der Waals surface area contributed by atoms with E-state index in [0.717, 1.165) is 17.7 Å². The predicted molar refractivity (Wildman–Crippen MR) is 66.0 cm³/mol. The second kappa shape index (κ2) is 7.28. The number of benzene rings is 1. The molecule has 0 heterocycles. The highest BCUT2D eigenvalue weighted by Gasteiger charge is 2.26. The standard InChI is InChI=1S/C13H19F2NO2/c1-2-6-18-12-5-3-4-11(7-12)8-16-9-13(14,15)10-17/h3-5,7,16-17H,2,6,8-10H2,1H3. The second-order valence-corrected chi connectivity index (χ2v) is 4.11. The summed E-state index contributed by atoms with van der Waals surface area (Å²) in [5.41, 5.74) is 0.873. The molecule has 1 aromatic carbocycles. The first-order valence-corrected chi connectivity index (χ1v) is 5.98. The lowest BCUT2D eigenvalue weighted by Crippen LogP contribution is -2.35. The van der Waals surface area contributed by atoms with Crippen molar-refractivity contribution in [1.29, 1.82) is 0 Å². The Morgan fingerprint density at radius 2 is 2.17 bits per heavy atom. The van der Waals surface area contributed by atoms with E-state index in [4.69, 9.17) is 9.84 Å². The van der Waals surface area contributed by atoms with Crippen LogP contribution in [-0.4, -0.2) is 30.8 Å². The monoisotopic (exact) mass is 259 g/mol. The molecule has 0 aliphatic rings. The van der Waals surface area contributed by atoms with Gasteiger partial charge in [-0.2, -0.15) is 0 Å². The van der Waals surface area contributed by atoms with Crippen LogP contribution in [0.15, 0.2) is 24.3 Å². The van der Waals surface area contributed by atoms with E-state index < -0.39 is 19.1 Å². The van der Waals surface area contributed by atoms with Gasteiger partial charge >= 0.3 is 0 Å². The topological polar surface area (TPSA) is 41.5 Å². The van der Waals surface area contributed by atoms with Crippen molar-refractivity contribution in [3.05, 3.63) is 29.8 Å². The molecule has 0 fully saturated rings. The van der Waals surface area contributed by atoms with E-state index in [-0.39, 0.29) is 0 Å². The van der Waals surface area contributed by atoms with Crippen LogP contribution in [0.4, 0.5) is 8.78 Å². The third-order valence-corrected chi connectivity index (χ3v) is 2.32. The Bertz CT molecular complexity index is 359. The first-order valence-electron chi connectivity index (χ1n) is 5.98. The molecule has 0 aliphatic carbocycles. The lowest BCUT2D eigenvalue weighted by Gasteiger charge is -2.14. The first-order chi connectivity index (χ1) is 8.57. The second-order valence-electron chi connectivity index (χ2n) is 4.11. The van der Waals surface area contributed by atoms with Crippen LogP contribution in [0.25, 0.3) is 0 Å². The van der Waals surface area contributed by atoms with Gasteiger partial charge in [0, 0.05) is 6.54 Å². The van der Waals surface area contributed by atoms with Gasteiger partial charge in [0.25, 0.3) is 5.92 Å². The van der Waals surface area contributed by atoms with E-state index >= 15 is 0 Å². The molecular weight excluding hydrogens is 240 g/mol. The van der Waals surface area contributed by atoms with Gasteiger partial charge in [-0.25, -0.2) is 8.78 Å². The molecule has 0 aliphatic heterocycles. The molecule has 0 spiro atoms. The minimum atomic E-state index is -3.07. The molecule has 3 nitrogen and oxygen atoms in total. The zero-order valence-corrected chi connectivity index (χ0v) is 10.5. The molecule has 1 rings (SSSR count). The van der Waals surface area contributed by atoms with Gasteiger partial charge in [0.1, 0.15) is 12.4 Å². The lowest BCUT2D eigenvalue weighted by atomic mass is 10.2. The largest absolute Gasteiger partial charge is 0.494 e. The van der Waals surface area contributed by atoms with Crippen LogP contribution in [0.5, 0.6) is 5.75 Å². The Balaban J connectivity index is 2.42. The fraction of sp³-hybridized carbons (Fsp3) is 0.538. The number of rotatable bonds is 8. The van der Waals surface area contributed by atoms with Crippen molar-refractivity contribution < 1.29 is 18.6 Å². The predicted octanol–water partition coefficient (Wildman–Crippen LogP) is 2.19. The molecule has 0 bridgehead atoms. The summed E-state index contributed by atoms with van der Waals surface area (Å²) in [7, 11) is 0. The molecule has 0 unspecified atom stereocenters. The Morgan fingerprint density at radius 1 is 1.39 bits per heavy atom. The highest BCUT2D eigenvalue weighted by Crippen LogP contribution is 2.14. The summed E-state index contributed by atoms with van der Waals surface area (Å²) in [6.45, 7) is 1.30. The quantitative estimate of drug-likeness (QED) is 0.752. The van der Waals surface area contributed by atoms with Crippen LogP contribution >= 0.6 is 0 Å². The van der Waals surface area contributed by atoms with E-state index in [1.165, 1.54) is 0 Å². The molecule has 1 aromatic rings. The summed E-state index contributed by atoms with van der Waals surface area (Å²) >= 11 is 0. The maximum atomic E-state index is 12.8. The third kappa shape index (κ3) is 5.42. The maximum Gasteiger partial charge on any atom is 0.282 e. The van der Waals surface area contributed by atoms with Gasteiger partial charge in [-0.3, -0.25) is 0 Å². The summed E-state index contributed by atoms with van der Waals surface area (Å²) in [6, 6.07) is 7.32. The Kier molecular flexibility index (Phi) is 6.01. The minimum Gasteiger partial charge on any atom is -0.494 e. The number of halogens is 2. The van der Waals surface area contributed by atoms with Crippen molar-refractivity contribution in [2.75, 3.05) is 19.8 Å². The molecule has 18 heavy (non-hydrogen) atoms. The molecule has 5 heteroatoms. The smallest absolute Gasteiger partial charge is 0.282 e. The normalized spacial score (nSPS) is 11.6. The van der Waals surface area contributed by atoms with Crippen molar-refractivity contribution in [1.82, 2.24) is 5.32 Å². The molecule has 0 aromatic heterocycles. The molecule has 0 amide bonds. The van der Waals surface area contributed by atoms with Gasteiger partial charge < -0.3 is 15.2 Å². The number of hydrogen-bond donors (Lipinski definition) is 2. The number of hydrogen-bond acceptors (Lipinski definition) is 3. The van der Waals surface area contributed by atoms with Crippen molar-refractivity contribution in [3.8, 4) is 5.75 Å². The zero-order chi connectivity index (χ0) is 13.4. The number of aliphatic hydroxyl groups excluding tert-OH is 1. The van der Waals surface area contributed by atoms with Crippen molar-refractivity contribution in [2.45, 2.75) is 25.8 Å². The number of nitrogens with one attached hydrogen (secondary N) is 1. The van der Waals surface area contributed by atoms with E-state index in [2.05, 4.69) is 5.32 Å². The SMILES string of the molecule is CCCOc1cccc(CNCC(F)(F)CO)c1. The minimum absolute atomic E-state index is 0.318. The average molecular weight is 259 g/mol. The van der Waals surface area contributed by atoms with Crippen LogP contribution in [-0.2, 0) is 6.54 Å². The van der Waals surface area contributed by atoms with Gasteiger partial charge in [0.05, 0.1) is 13.2 Å². The van der Waals surface area contributed by atoms with Crippen LogP contribution in [0.3, 0.4) is 0 Å². The molecule has 102 valence electrons. The number of alkyl halides is 2. The van der Waals surface area contributed by atoms with Gasteiger partial charge in [-0.1, -0.05) is 19.1 Å². The first kappa shape index (κ1) is 14.9. The van der Waals surface area contributed by atoms with Crippen LogP contribution < -0.4 is 10.1 Å². The maximum absolute atomic E-state index is 12.8. The van der Waals surface area contributed by atoms with Crippen LogP contribution in [0.1, 0.15) is 18.9 Å². The Hall–Kier alpha value is -1.20. The van der Waals surface area contributed by atoms with Gasteiger partial charge in [0.2, 0.25) is 0 Å². The molecule has 0 atom stereocenters. The Morgan fingerprint density at radius 3 is 2.83 bits per heavy atom. The molecule has 0 saturated carbocycles. The van der Waals surface area contributed by atoms with Gasteiger partial charge in [0.15, 0.2) is 0 Å². The highest BCUT2D eigenvalue weighted by molar-refractivity contribution is 5.28. The number of ether oxygens (including phenoxy) is 1. The van der Waals surface area contributed by atoms with Crippen molar-refractivity contribution >= 4 is 0 Å². The summed E-state index contributed by atoms with van der Waals surface area (Å²) < 4.78 is 31.0. The summed E-state index contributed by atoms with van der Waals surface area (Å²) in [5, 5.41) is 11.0. The molecule has 2 N–H and O–H groups in total. The number of aliphatic hydroxyl groups is 1. The third-order valence-electron chi connectivity index (χ3n) is 2.32. The van der Waals surface area contributed by atoms with Crippen molar-refractivity contribution in [2.24, 2.45) is 0 Å². The average Bonchev–Trinajstić information content (AvgIpc) is 2.37. The molecular formula is C13H19F2NO2.